The average Bonchev–Trinajstić information content (AvgIpc) is 3.21. The number of piperazine rings is 1. The number of aryl methyl sites for hydroxylation is 1. The molecule has 0 spiro atoms. The van der Waals surface area contributed by atoms with Gasteiger partial charge < -0.3 is 4.98 Å². The van der Waals surface area contributed by atoms with Gasteiger partial charge in [-0.3, -0.25) is 19.4 Å². The van der Waals surface area contributed by atoms with E-state index in [4.69, 9.17) is 0 Å². The van der Waals surface area contributed by atoms with Gasteiger partial charge in [0.2, 0.25) is 0 Å². The average molecular weight is 374 g/mol. The van der Waals surface area contributed by atoms with E-state index in [1.807, 2.05) is 20.8 Å². The number of aromatic nitrogens is 1. The number of carbonyl (C=O) groups excluding carboxylic acids is 2. The van der Waals surface area contributed by atoms with E-state index in [0.717, 1.165) is 44.0 Å². The number of aromatic amines is 1. The minimum atomic E-state index is -0.185. The standard InChI is InChI=1S/C20H27N3O2S/c1-13-18(16(4)24)14(2)21-19(13)20(25)15(3)23-9-7-22(8-10-23)12-17-6-5-11-26-17/h5-6,11,15,21H,7-10,12H2,1-4H3/t15-/m0/s1. The topological polar surface area (TPSA) is 56.4 Å². The molecule has 0 aliphatic carbocycles. The summed E-state index contributed by atoms with van der Waals surface area (Å²) >= 11 is 1.79. The van der Waals surface area contributed by atoms with E-state index in [9.17, 15) is 9.59 Å². The van der Waals surface area contributed by atoms with Gasteiger partial charge in [0, 0.05) is 48.9 Å². The molecule has 0 bridgehead atoms. The van der Waals surface area contributed by atoms with E-state index in [-0.39, 0.29) is 17.6 Å². The number of hydrogen-bond donors (Lipinski definition) is 1. The second kappa shape index (κ2) is 7.86. The SMILES string of the molecule is CC(=O)c1c(C)[nH]c(C(=O)[C@H](C)N2CCN(Cc3cccs3)CC2)c1C. The first-order valence-corrected chi connectivity index (χ1v) is 9.99. The van der Waals surface area contributed by atoms with Crippen LogP contribution in [0.4, 0.5) is 0 Å². The van der Waals surface area contributed by atoms with Gasteiger partial charge in [-0.05, 0) is 44.7 Å². The number of thiophene rings is 1. The number of nitrogens with zero attached hydrogens (tertiary/aromatic N) is 2. The fourth-order valence-electron chi connectivity index (χ4n) is 3.83. The molecule has 1 aliphatic rings. The van der Waals surface area contributed by atoms with Gasteiger partial charge in [0.05, 0.1) is 11.7 Å². The Labute approximate surface area is 159 Å². The predicted molar refractivity (Wildman–Crippen MR) is 105 cm³/mol. The molecule has 0 radical (unpaired) electrons. The number of carbonyl (C=O) groups is 2. The number of H-pyrrole nitrogens is 1. The van der Waals surface area contributed by atoms with E-state index in [2.05, 4.69) is 32.3 Å². The third kappa shape index (κ3) is 3.82. The summed E-state index contributed by atoms with van der Waals surface area (Å²) in [4.78, 5) is 34.0. The lowest BCUT2D eigenvalue weighted by atomic mass is 10.0. The minimum absolute atomic E-state index is 0.00476. The van der Waals surface area contributed by atoms with Crippen LogP contribution in [-0.2, 0) is 6.54 Å². The van der Waals surface area contributed by atoms with Gasteiger partial charge in [-0.2, -0.15) is 0 Å². The van der Waals surface area contributed by atoms with E-state index in [1.165, 1.54) is 4.88 Å². The molecule has 0 aromatic carbocycles. The Balaban J connectivity index is 1.63. The van der Waals surface area contributed by atoms with Crippen LogP contribution in [0.1, 0.15) is 50.8 Å². The molecule has 1 saturated heterocycles. The third-order valence-corrected chi connectivity index (χ3v) is 6.19. The molecule has 1 fully saturated rings. The van der Waals surface area contributed by atoms with Gasteiger partial charge in [0.15, 0.2) is 11.6 Å². The summed E-state index contributed by atoms with van der Waals surface area (Å²) in [7, 11) is 0. The van der Waals surface area contributed by atoms with Crippen molar-refractivity contribution in [1.82, 2.24) is 14.8 Å². The van der Waals surface area contributed by atoms with Crippen molar-refractivity contribution in [2.75, 3.05) is 26.2 Å². The van der Waals surface area contributed by atoms with Gasteiger partial charge in [-0.15, -0.1) is 11.3 Å². The second-order valence-corrected chi connectivity index (χ2v) is 8.15. The number of Topliss-reactive ketones (excluding diaryl/α,β-unsaturated/α-hetero) is 2. The van der Waals surface area contributed by atoms with E-state index < -0.39 is 0 Å². The second-order valence-electron chi connectivity index (χ2n) is 7.11. The fraction of sp³-hybridized carbons (Fsp3) is 0.500. The van der Waals surface area contributed by atoms with Crippen molar-refractivity contribution in [3.8, 4) is 0 Å². The molecule has 3 rings (SSSR count). The zero-order valence-electron chi connectivity index (χ0n) is 16.0. The Morgan fingerprint density at radius 1 is 1.23 bits per heavy atom. The monoisotopic (exact) mass is 373 g/mol. The van der Waals surface area contributed by atoms with E-state index in [1.54, 1.807) is 18.3 Å². The largest absolute Gasteiger partial charge is 0.355 e. The first-order chi connectivity index (χ1) is 12.4. The summed E-state index contributed by atoms with van der Waals surface area (Å²) in [6, 6.07) is 4.08. The normalized spacial score (nSPS) is 17.4. The molecular formula is C20H27N3O2S. The van der Waals surface area contributed by atoms with Gasteiger partial charge >= 0.3 is 0 Å². The summed E-state index contributed by atoms with van der Waals surface area (Å²) in [6.07, 6.45) is 0. The van der Waals surface area contributed by atoms with Gasteiger partial charge in [-0.1, -0.05) is 6.07 Å². The van der Waals surface area contributed by atoms with Gasteiger partial charge in [0.25, 0.3) is 0 Å². The van der Waals surface area contributed by atoms with Crippen molar-refractivity contribution < 1.29 is 9.59 Å². The number of hydrogen-bond acceptors (Lipinski definition) is 5. The molecule has 1 aliphatic heterocycles. The van der Waals surface area contributed by atoms with Crippen LogP contribution in [0.25, 0.3) is 0 Å². The highest BCUT2D eigenvalue weighted by Gasteiger charge is 2.29. The molecule has 1 atom stereocenters. The highest BCUT2D eigenvalue weighted by Crippen LogP contribution is 2.22. The van der Waals surface area contributed by atoms with E-state index >= 15 is 0 Å². The molecule has 6 heteroatoms. The molecular weight excluding hydrogens is 346 g/mol. The Kier molecular flexibility index (Phi) is 5.75. The zero-order valence-corrected chi connectivity index (χ0v) is 16.8. The summed E-state index contributed by atoms with van der Waals surface area (Å²) in [6.45, 7) is 11.9. The molecule has 1 N–H and O–H groups in total. The number of ketones is 2. The number of nitrogens with one attached hydrogen (secondary N) is 1. The molecule has 26 heavy (non-hydrogen) atoms. The lowest BCUT2D eigenvalue weighted by molar-refractivity contribution is 0.0684. The zero-order chi connectivity index (χ0) is 18.8. The van der Waals surface area contributed by atoms with Crippen molar-refractivity contribution >= 4 is 22.9 Å². The fourth-order valence-corrected chi connectivity index (χ4v) is 4.58. The third-order valence-electron chi connectivity index (χ3n) is 5.33. The summed E-state index contributed by atoms with van der Waals surface area (Å²) in [5, 5.41) is 2.11. The Morgan fingerprint density at radius 2 is 1.92 bits per heavy atom. The lowest BCUT2D eigenvalue weighted by Gasteiger charge is -2.37. The summed E-state index contributed by atoms with van der Waals surface area (Å²) < 4.78 is 0. The Morgan fingerprint density at radius 3 is 2.46 bits per heavy atom. The van der Waals surface area contributed by atoms with Crippen LogP contribution < -0.4 is 0 Å². The maximum Gasteiger partial charge on any atom is 0.196 e. The number of rotatable bonds is 6. The molecule has 0 unspecified atom stereocenters. The molecule has 2 aromatic heterocycles. The molecule has 140 valence electrons. The van der Waals surface area contributed by atoms with Crippen molar-refractivity contribution in [1.29, 1.82) is 0 Å². The maximum absolute atomic E-state index is 13.0. The highest BCUT2D eigenvalue weighted by atomic mass is 32.1. The van der Waals surface area contributed by atoms with Crippen molar-refractivity contribution in [2.24, 2.45) is 0 Å². The molecule has 2 aromatic rings. The maximum atomic E-state index is 13.0. The molecule has 5 nitrogen and oxygen atoms in total. The molecule has 0 amide bonds. The van der Waals surface area contributed by atoms with Gasteiger partial charge in [0.1, 0.15) is 0 Å². The Hall–Kier alpha value is -1.76. The molecule has 3 heterocycles. The minimum Gasteiger partial charge on any atom is -0.355 e. The summed E-state index contributed by atoms with van der Waals surface area (Å²) in [5.41, 5.74) is 2.80. The smallest absolute Gasteiger partial charge is 0.196 e. The van der Waals surface area contributed by atoms with Crippen molar-refractivity contribution in [2.45, 2.75) is 40.3 Å². The van der Waals surface area contributed by atoms with Crippen LogP contribution in [0.5, 0.6) is 0 Å². The van der Waals surface area contributed by atoms with Crippen LogP contribution in [0, 0.1) is 13.8 Å². The van der Waals surface area contributed by atoms with Crippen molar-refractivity contribution in [3.63, 3.8) is 0 Å². The van der Waals surface area contributed by atoms with Crippen LogP contribution >= 0.6 is 11.3 Å². The van der Waals surface area contributed by atoms with Crippen LogP contribution in [0.3, 0.4) is 0 Å². The van der Waals surface area contributed by atoms with Gasteiger partial charge in [-0.25, -0.2) is 0 Å². The first kappa shape index (κ1) is 19.0. The quantitative estimate of drug-likeness (QED) is 0.790. The molecule has 0 saturated carbocycles. The van der Waals surface area contributed by atoms with Crippen LogP contribution in [0.15, 0.2) is 17.5 Å². The first-order valence-electron chi connectivity index (χ1n) is 9.11. The van der Waals surface area contributed by atoms with E-state index in [0.29, 0.717) is 11.3 Å². The lowest BCUT2D eigenvalue weighted by Crippen LogP contribution is -2.51. The van der Waals surface area contributed by atoms with Crippen molar-refractivity contribution in [3.05, 3.63) is 44.9 Å². The van der Waals surface area contributed by atoms with Crippen LogP contribution in [0.2, 0.25) is 0 Å². The predicted octanol–water partition coefficient (Wildman–Crippen LogP) is 3.28. The highest BCUT2D eigenvalue weighted by molar-refractivity contribution is 7.09. The Bertz CT molecular complexity index is 786. The van der Waals surface area contributed by atoms with Crippen LogP contribution in [-0.4, -0.2) is 58.6 Å². The summed E-state index contributed by atoms with van der Waals surface area (Å²) in [5.74, 6) is 0.0787.